The van der Waals surface area contributed by atoms with Crippen LogP contribution in [0.25, 0.3) is 0 Å². The summed E-state index contributed by atoms with van der Waals surface area (Å²) in [5, 5.41) is 11.5. The highest BCUT2D eigenvalue weighted by atomic mass is 16.6. The largest absolute Gasteiger partial charge is 0.361 e. The van der Waals surface area contributed by atoms with E-state index in [9.17, 15) is 10.1 Å². The topological polar surface area (TPSA) is 46.4 Å². The van der Waals surface area contributed by atoms with Gasteiger partial charge in [0.15, 0.2) is 0 Å². The lowest BCUT2D eigenvalue weighted by atomic mass is 9.88. The molecule has 1 aromatic carbocycles. The smallest absolute Gasteiger partial charge is 0.237 e. The van der Waals surface area contributed by atoms with Crippen LogP contribution < -0.4 is 4.90 Å². The molecule has 0 N–H and O–H groups in total. The summed E-state index contributed by atoms with van der Waals surface area (Å²) in [5.74, 6) is 0. The van der Waals surface area contributed by atoms with Crippen LogP contribution in [0.4, 0.5) is 5.69 Å². The molecule has 1 saturated heterocycles. The number of hydrogen-bond donors (Lipinski definition) is 0. The molecular formula is C16H22N2O2. The molecule has 1 fully saturated rings. The molecule has 2 aliphatic rings. The maximum atomic E-state index is 11.5. The third-order valence-electron chi connectivity index (χ3n) is 4.74. The van der Waals surface area contributed by atoms with Crippen LogP contribution in [0.5, 0.6) is 0 Å². The van der Waals surface area contributed by atoms with E-state index in [0.717, 1.165) is 31.4 Å². The molecule has 0 amide bonds. The van der Waals surface area contributed by atoms with Crippen LogP contribution in [-0.2, 0) is 6.42 Å². The van der Waals surface area contributed by atoms with Crippen molar-refractivity contribution in [2.45, 2.75) is 57.0 Å². The third kappa shape index (κ3) is 2.51. The Hall–Kier alpha value is -1.58. The fourth-order valence-electron chi connectivity index (χ4n) is 3.73. The number of para-hydroxylation sites is 1. The van der Waals surface area contributed by atoms with Crippen molar-refractivity contribution in [1.82, 2.24) is 0 Å². The molecule has 0 bridgehead atoms. The third-order valence-corrected chi connectivity index (χ3v) is 4.74. The summed E-state index contributed by atoms with van der Waals surface area (Å²) in [6.45, 7) is 0.964. The van der Waals surface area contributed by atoms with E-state index in [4.69, 9.17) is 0 Å². The number of rotatable bonds is 1. The molecule has 2 atom stereocenters. The molecule has 4 nitrogen and oxygen atoms in total. The molecule has 2 heterocycles. The molecule has 108 valence electrons. The van der Waals surface area contributed by atoms with E-state index in [1.54, 1.807) is 0 Å². The van der Waals surface area contributed by atoms with Gasteiger partial charge in [-0.05, 0) is 24.5 Å². The Morgan fingerprint density at radius 1 is 1.10 bits per heavy atom. The van der Waals surface area contributed by atoms with Gasteiger partial charge in [-0.2, -0.15) is 0 Å². The maximum Gasteiger partial charge on any atom is 0.237 e. The fourth-order valence-corrected chi connectivity index (χ4v) is 3.73. The molecule has 1 aromatic rings. The molecular weight excluding hydrogens is 252 g/mol. The van der Waals surface area contributed by atoms with E-state index in [2.05, 4.69) is 23.1 Å². The van der Waals surface area contributed by atoms with Crippen molar-refractivity contribution in [3.8, 4) is 0 Å². The van der Waals surface area contributed by atoms with E-state index in [1.165, 1.54) is 24.9 Å². The van der Waals surface area contributed by atoms with Crippen molar-refractivity contribution in [3.63, 3.8) is 0 Å². The lowest BCUT2D eigenvalue weighted by Crippen LogP contribution is -2.52. The molecule has 2 unspecified atom stereocenters. The van der Waals surface area contributed by atoms with Crippen molar-refractivity contribution in [3.05, 3.63) is 39.9 Å². The van der Waals surface area contributed by atoms with Crippen LogP contribution in [0.1, 0.15) is 44.1 Å². The van der Waals surface area contributed by atoms with Gasteiger partial charge >= 0.3 is 0 Å². The number of fused-ring (bicyclic) bond motifs is 3. The van der Waals surface area contributed by atoms with Crippen LogP contribution in [0.2, 0.25) is 0 Å². The Labute approximate surface area is 119 Å². The van der Waals surface area contributed by atoms with E-state index in [0.29, 0.717) is 6.42 Å². The molecule has 4 heteroatoms. The van der Waals surface area contributed by atoms with Crippen molar-refractivity contribution < 1.29 is 4.92 Å². The average molecular weight is 274 g/mol. The van der Waals surface area contributed by atoms with Gasteiger partial charge in [-0.3, -0.25) is 10.1 Å². The molecule has 0 aromatic heterocycles. The number of benzene rings is 1. The summed E-state index contributed by atoms with van der Waals surface area (Å²) in [4.78, 5) is 13.8. The lowest BCUT2D eigenvalue weighted by Gasteiger charge is -2.40. The van der Waals surface area contributed by atoms with Crippen LogP contribution >= 0.6 is 0 Å². The molecule has 0 aliphatic carbocycles. The van der Waals surface area contributed by atoms with Gasteiger partial charge in [-0.15, -0.1) is 0 Å². The second kappa shape index (κ2) is 5.81. The minimum atomic E-state index is -0.442. The number of hydrogen-bond acceptors (Lipinski definition) is 3. The second-order valence-electron chi connectivity index (χ2n) is 6.00. The Balaban J connectivity index is 1.97. The zero-order chi connectivity index (χ0) is 13.9. The highest BCUT2D eigenvalue weighted by Gasteiger charge is 2.40. The molecule has 20 heavy (non-hydrogen) atoms. The summed E-state index contributed by atoms with van der Waals surface area (Å²) >= 11 is 0. The standard InChI is InChI=1S/C16H22N2O2/c19-18(20)16-12-13-8-5-6-9-14(13)17-11-7-3-1-2-4-10-15(16)17/h5-6,8-9,15-16H,1-4,7,10-12H2. The van der Waals surface area contributed by atoms with Crippen molar-refractivity contribution in [2.24, 2.45) is 0 Å². The summed E-state index contributed by atoms with van der Waals surface area (Å²) in [5.41, 5.74) is 2.38. The van der Waals surface area contributed by atoms with Gasteiger partial charge in [0.25, 0.3) is 0 Å². The van der Waals surface area contributed by atoms with Gasteiger partial charge in [-0.25, -0.2) is 0 Å². The van der Waals surface area contributed by atoms with Gasteiger partial charge in [0, 0.05) is 23.6 Å². The first kappa shape index (κ1) is 13.4. The van der Waals surface area contributed by atoms with Crippen LogP contribution in [0.3, 0.4) is 0 Å². The van der Waals surface area contributed by atoms with Gasteiger partial charge in [0.2, 0.25) is 6.04 Å². The summed E-state index contributed by atoms with van der Waals surface area (Å²) in [6.07, 6.45) is 7.55. The van der Waals surface area contributed by atoms with Crippen LogP contribution in [0.15, 0.2) is 24.3 Å². The minimum absolute atomic E-state index is 0.0501. The van der Waals surface area contributed by atoms with Crippen molar-refractivity contribution >= 4 is 5.69 Å². The number of nitrogens with zero attached hydrogens (tertiary/aromatic N) is 2. The van der Waals surface area contributed by atoms with E-state index >= 15 is 0 Å². The molecule has 3 rings (SSSR count). The van der Waals surface area contributed by atoms with Gasteiger partial charge in [0.05, 0.1) is 6.04 Å². The minimum Gasteiger partial charge on any atom is -0.361 e. The van der Waals surface area contributed by atoms with Crippen molar-refractivity contribution in [2.75, 3.05) is 11.4 Å². The fraction of sp³-hybridized carbons (Fsp3) is 0.625. The Morgan fingerprint density at radius 3 is 2.70 bits per heavy atom. The monoisotopic (exact) mass is 274 g/mol. The lowest BCUT2D eigenvalue weighted by molar-refractivity contribution is -0.526. The molecule has 0 radical (unpaired) electrons. The van der Waals surface area contributed by atoms with Gasteiger partial charge in [-0.1, -0.05) is 43.9 Å². The number of anilines is 1. The molecule has 2 aliphatic heterocycles. The predicted molar refractivity (Wildman–Crippen MR) is 79.8 cm³/mol. The Morgan fingerprint density at radius 2 is 1.85 bits per heavy atom. The molecule has 0 saturated carbocycles. The quantitative estimate of drug-likeness (QED) is 0.582. The van der Waals surface area contributed by atoms with Gasteiger partial charge in [0.1, 0.15) is 0 Å². The maximum absolute atomic E-state index is 11.5. The molecule has 0 spiro atoms. The summed E-state index contributed by atoms with van der Waals surface area (Å²) < 4.78 is 0. The Kier molecular flexibility index (Phi) is 3.90. The zero-order valence-corrected chi connectivity index (χ0v) is 11.8. The summed E-state index contributed by atoms with van der Waals surface area (Å²) in [6, 6.07) is 7.87. The first-order chi connectivity index (χ1) is 9.77. The predicted octanol–water partition coefficient (Wildman–Crippen LogP) is 3.42. The highest BCUT2D eigenvalue weighted by molar-refractivity contribution is 5.57. The zero-order valence-electron chi connectivity index (χ0n) is 11.8. The number of nitro groups is 1. The average Bonchev–Trinajstić information content (AvgIpc) is 2.58. The first-order valence-electron chi connectivity index (χ1n) is 7.75. The van der Waals surface area contributed by atoms with E-state index in [-0.39, 0.29) is 11.0 Å². The normalized spacial score (nSPS) is 26.7. The second-order valence-corrected chi connectivity index (χ2v) is 6.00. The Bertz CT molecular complexity index is 489. The van der Waals surface area contributed by atoms with E-state index < -0.39 is 6.04 Å². The van der Waals surface area contributed by atoms with Crippen LogP contribution in [0, 0.1) is 10.1 Å². The van der Waals surface area contributed by atoms with Gasteiger partial charge < -0.3 is 4.90 Å². The highest BCUT2D eigenvalue weighted by Crippen LogP contribution is 2.35. The summed E-state index contributed by atoms with van der Waals surface area (Å²) in [7, 11) is 0. The SMILES string of the molecule is O=[N+]([O-])C1Cc2ccccc2N2CCCCCCCC12. The van der Waals surface area contributed by atoms with E-state index in [1.807, 2.05) is 6.07 Å². The van der Waals surface area contributed by atoms with Crippen LogP contribution in [-0.4, -0.2) is 23.6 Å². The van der Waals surface area contributed by atoms with Crippen molar-refractivity contribution in [1.29, 1.82) is 0 Å². The first-order valence-corrected chi connectivity index (χ1v) is 7.75.